The van der Waals surface area contributed by atoms with Crippen LogP contribution in [0.3, 0.4) is 0 Å². The van der Waals surface area contributed by atoms with Crippen LogP contribution in [0.4, 0.5) is 0 Å². The lowest BCUT2D eigenvalue weighted by molar-refractivity contribution is 0.157. The van der Waals surface area contributed by atoms with Gasteiger partial charge in [-0.05, 0) is 25.7 Å². The Morgan fingerprint density at radius 1 is 1.60 bits per heavy atom. The molecular weight excluding hydrogens is 124 g/mol. The Bertz CT molecular complexity index is 116. The quantitative estimate of drug-likeness (QED) is 0.469. The van der Waals surface area contributed by atoms with Gasteiger partial charge in [-0.2, -0.15) is 0 Å². The average Bonchev–Trinajstić information content (AvgIpc) is 1.87. The SMILES string of the molecule is CCN(C=N)[C@H]1C[C@@H](C)C1. The van der Waals surface area contributed by atoms with E-state index in [1.54, 1.807) is 0 Å². The molecule has 0 aliphatic heterocycles. The van der Waals surface area contributed by atoms with Crippen LogP contribution in [-0.2, 0) is 0 Å². The molecule has 10 heavy (non-hydrogen) atoms. The van der Waals surface area contributed by atoms with Crippen LogP contribution in [0.2, 0.25) is 0 Å². The van der Waals surface area contributed by atoms with E-state index in [0.29, 0.717) is 6.04 Å². The second-order valence-corrected chi connectivity index (χ2v) is 3.19. The van der Waals surface area contributed by atoms with Gasteiger partial charge in [-0.3, -0.25) is 5.41 Å². The first-order chi connectivity index (χ1) is 4.77. The fourth-order valence-corrected chi connectivity index (χ4v) is 1.59. The summed E-state index contributed by atoms with van der Waals surface area (Å²) in [5, 5.41) is 7.09. The molecule has 0 heterocycles. The Hall–Kier alpha value is -0.530. The summed E-state index contributed by atoms with van der Waals surface area (Å²) in [7, 11) is 0. The number of nitrogens with zero attached hydrogens (tertiary/aromatic N) is 1. The van der Waals surface area contributed by atoms with E-state index in [0.717, 1.165) is 12.5 Å². The average molecular weight is 140 g/mol. The maximum Gasteiger partial charge on any atom is 0.0819 e. The maximum atomic E-state index is 7.09. The molecule has 0 atom stereocenters. The van der Waals surface area contributed by atoms with Crippen LogP contribution in [0, 0.1) is 11.3 Å². The highest BCUT2D eigenvalue weighted by atomic mass is 15.2. The Labute approximate surface area is 62.7 Å². The zero-order valence-corrected chi connectivity index (χ0v) is 6.80. The molecule has 0 aromatic carbocycles. The second-order valence-electron chi connectivity index (χ2n) is 3.19. The Kier molecular flexibility index (Phi) is 2.30. The Balaban J connectivity index is 2.27. The zero-order chi connectivity index (χ0) is 7.56. The van der Waals surface area contributed by atoms with Crippen molar-refractivity contribution in [3.05, 3.63) is 0 Å². The zero-order valence-electron chi connectivity index (χ0n) is 6.80. The van der Waals surface area contributed by atoms with Crippen molar-refractivity contribution in [2.24, 2.45) is 5.92 Å². The number of nitrogens with one attached hydrogen (secondary N) is 1. The molecule has 0 spiro atoms. The van der Waals surface area contributed by atoms with Crippen molar-refractivity contribution < 1.29 is 0 Å². The number of rotatable bonds is 3. The predicted molar refractivity (Wildman–Crippen MR) is 43.3 cm³/mol. The third-order valence-corrected chi connectivity index (χ3v) is 2.35. The second kappa shape index (κ2) is 3.04. The van der Waals surface area contributed by atoms with Gasteiger partial charge in [0.1, 0.15) is 0 Å². The minimum atomic E-state index is 0.678. The summed E-state index contributed by atoms with van der Waals surface area (Å²) in [6.45, 7) is 5.36. The minimum absolute atomic E-state index is 0.678. The lowest BCUT2D eigenvalue weighted by Crippen LogP contribution is -2.42. The van der Waals surface area contributed by atoms with E-state index in [4.69, 9.17) is 5.41 Å². The van der Waals surface area contributed by atoms with Gasteiger partial charge in [0.05, 0.1) is 6.34 Å². The van der Waals surface area contributed by atoms with Crippen LogP contribution in [0.25, 0.3) is 0 Å². The molecule has 0 amide bonds. The lowest BCUT2D eigenvalue weighted by Gasteiger charge is -2.39. The molecule has 1 rings (SSSR count). The van der Waals surface area contributed by atoms with Gasteiger partial charge in [0.2, 0.25) is 0 Å². The molecule has 1 saturated carbocycles. The fourth-order valence-electron chi connectivity index (χ4n) is 1.59. The molecule has 0 radical (unpaired) electrons. The third-order valence-electron chi connectivity index (χ3n) is 2.35. The smallest absolute Gasteiger partial charge is 0.0819 e. The third kappa shape index (κ3) is 1.31. The van der Waals surface area contributed by atoms with Crippen molar-refractivity contribution in [1.29, 1.82) is 5.41 Å². The molecule has 0 saturated heterocycles. The van der Waals surface area contributed by atoms with Crippen LogP contribution < -0.4 is 0 Å². The molecule has 0 aromatic rings. The van der Waals surface area contributed by atoms with Gasteiger partial charge in [0, 0.05) is 12.6 Å². The molecule has 2 heteroatoms. The molecule has 58 valence electrons. The summed E-state index contributed by atoms with van der Waals surface area (Å²) in [5.74, 6) is 0.888. The first kappa shape index (κ1) is 7.58. The van der Waals surface area contributed by atoms with E-state index in [9.17, 15) is 0 Å². The van der Waals surface area contributed by atoms with Crippen molar-refractivity contribution in [3.8, 4) is 0 Å². The summed E-state index contributed by atoms with van der Waals surface area (Å²) in [6, 6.07) is 0.678. The first-order valence-corrected chi connectivity index (χ1v) is 4.04. The van der Waals surface area contributed by atoms with Gasteiger partial charge in [0.25, 0.3) is 0 Å². The van der Waals surface area contributed by atoms with E-state index in [2.05, 4.69) is 18.7 Å². The topological polar surface area (TPSA) is 27.1 Å². The molecule has 0 bridgehead atoms. The monoisotopic (exact) mass is 140 g/mol. The summed E-state index contributed by atoms with van der Waals surface area (Å²) < 4.78 is 0. The van der Waals surface area contributed by atoms with E-state index in [1.165, 1.54) is 19.2 Å². The van der Waals surface area contributed by atoms with Gasteiger partial charge < -0.3 is 4.90 Å². The summed E-state index contributed by atoms with van der Waals surface area (Å²) in [5.41, 5.74) is 0. The normalized spacial score (nSPS) is 31.0. The Morgan fingerprint density at radius 3 is 2.50 bits per heavy atom. The van der Waals surface area contributed by atoms with E-state index >= 15 is 0 Å². The molecule has 1 aliphatic carbocycles. The molecular formula is C8H16N2. The van der Waals surface area contributed by atoms with Crippen LogP contribution in [-0.4, -0.2) is 23.8 Å². The van der Waals surface area contributed by atoms with Crippen LogP contribution in [0.15, 0.2) is 0 Å². The van der Waals surface area contributed by atoms with Crippen LogP contribution >= 0.6 is 0 Å². The van der Waals surface area contributed by atoms with Crippen molar-refractivity contribution in [2.75, 3.05) is 6.54 Å². The molecule has 1 aliphatic rings. The predicted octanol–water partition coefficient (Wildman–Crippen LogP) is 1.71. The van der Waals surface area contributed by atoms with E-state index in [1.807, 2.05) is 0 Å². The first-order valence-electron chi connectivity index (χ1n) is 4.04. The standard InChI is InChI=1S/C8H16N2/c1-3-10(6-9)8-4-7(2)5-8/h6-9H,3-5H2,1-2H3/t7-,8+. The number of hydrogen-bond acceptors (Lipinski definition) is 1. The highest BCUT2D eigenvalue weighted by Gasteiger charge is 2.28. The van der Waals surface area contributed by atoms with Gasteiger partial charge in [-0.25, -0.2) is 0 Å². The van der Waals surface area contributed by atoms with Gasteiger partial charge in [-0.15, -0.1) is 0 Å². The Morgan fingerprint density at radius 2 is 2.20 bits per heavy atom. The minimum Gasteiger partial charge on any atom is -0.360 e. The van der Waals surface area contributed by atoms with Crippen molar-refractivity contribution in [3.63, 3.8) is 0 Å². The van der Waals surface area contributed by atoms with Gasteiger partial charge in [-0.1, -0.05) is 6.92 Å². The van der Waals surface area contributed by atoms with E-state index < -0.39 is 0 Å². The molecule has 2 nitrogen and oxygen atoms in total. The summed E-state index contributed by atoms with van der Waals surface area (Å²) in [6.07, 6.45) is 4.03. The highest BCUT2D eigenvalue weighted by Crippen LogP contribution is 2.29. The van der Waals surface area contributed by atoms with Gasteiger partial charge >= 0.3 is 0 Å². The van der Waals surface area contributed by atoms with Crippen molar-refractivity contribution in [2.45, 2.75) is 32.7 Å². The molecule has 0 aromatic heterocycles. The molecule has 1 fully saturated rings. The van der Waals surface area contributed by atoms with Crippen LogP contribution in [0.5, 0.6) is 0 Å². The summed E-state index contributed by atoms with van der Waals surface area (Å²) >= 11 is 0. The lowest BCUT2D eigenvalue weighted by atomic mass is 9.81. The summed E-state index contributed by atoms with van der Waals surface area (Å²) in [4.78, 5) is 2.11. The van der Waals surface area contributed by atoms with Gasteiger partial charge in [0.15, 0.2) is 0 Å². The van der Waals surface area contributed by atoms with Crippen molar-refractivity contribution >= 4 is 6.34 Å². The van der Waals surface area contributed by atoms with Crippen molar-refractivity contribution in [1.82, 2.24) is 4.90 Å². The number of hydrogen-bond donors (Lipinski definition) is 1. The molecule has 0 unspecified atom stereocenters. The molecule has 1 N–H and O–H groups in total. The van der Waals surface area contributed by atoms with E-state index in [-0.39, 0.29) is 0 Å². The highest BCUT2D eigenvalue weighted by molar-refractivity contribution is 5.51. The largest absolute Gasteiger partial charge is 0.360 e. The fraction of sp³-hybridized carbons (Fsp3) is 0.875. The maximum absolute atomic E-state index is 7.09. The van der Waals surface area contributed by atoms with Crippen LogP contribution in [0.1, 0.15) is 26.7 Å².